The zero-order valence-corrected chi connectivity index (χ0v) is 12.6. The van der Waals surface area contributed by atoms with Gasteiger partial charge in [-0.2, -0.15) is 0 Å². The summed E-state index contributed by atoms with van der Waals surface area (Å²) in [5.41, 5.74) is 0.451. The van der Waals surface area contributed by atoms with E-state index in [0.29, 0.717) is 5.06 Å². The first-order valence-electron chi connectivity index (χ1n) is 7.00. The summed E-state index contributed by atoms with van der Waals surface area (Å²) in [5.74, 6) is -3.12. The Morgan fingerprint density at radius 1 is 1.08 bits per heavy atom. The minimum Gasteiger partial charge on any atom is -0.380 e. The zero-order chi connectivity index (χ0) is 17.3. The van der Waals surface area contributed by atoms with E-state index in [-0.39, 0.29) is 28.9 Å². The molecule has 2 aromatic carbocycles. The van der Waals surface area contributed by atoms with E-state index in [0.717, 1.165) is 6.07 Å². The third kappa shape index (κ3) is 2.65. The smallest absolute Gasteiger partial charge is 0.364 e. The Labute approximate surface area is 136 Å². The maximum atomic E-state index is 13.8. The van der Waals surface area contributed by atoms with Crippen LogP contribution in [0.4, 0.5) is 4.39 Å². The number of fused-ring (bicyclic) bond motifs is 1. The Morgan fingerprint density at radius 2 is 1.71 bits per heavy atom. The summed E-state index contributed by atoms with van der Waals surface area (Å²) in [6.45, 7) is 0.0551. The fraction of sp³-hybridized carbons (Fsp3) is 0.118. The molecule has 0 aliphatic carbocycles. The first-order chi connectivity index (χ1) is 11.5. The average molecular weight is 329 g/mol. The summed E-state index contributed by atoms with van der Waals surface area (Å²) in [7, 11) is 1.42. The van der Waals surface area contributed by atoms with Gasteiger partial charge in [0.15, 0.2) is 0 Å². The van der Waals surface area contributed by atoms with E-state index in [2.05, 4.69) is 0 Å². The van der Waals surface area contributed by atoms with Crippen molar-refractivity contribution < 1.29 is 28.3 Å². The quantitative estimate of drug-likeness (QED) is 0.805. The van der Waals surface area contributed by atoms with Gasteiger partial charge in [-0.25, -0.2) is 9.18 Å². The van der Waals surface area contributed by atoms with Gasteiger partial charge >= 0.3 is 5.97 Å². The van der Waals surface area contributed by atoms with Crippen LogP contribution in [0.3, 0.4) is 0 Å². The van der Waals surface area contributed by atoms with Gasteiger partial charge in [0.2, 0.25) is 0 Å². The molecule has 24 heavy (non-hydrogen) atoms. The highest BCUT2D eigenvalue weighted by molar-refractivity contribution is 6.21. The van der Waals surface area contributed by atoms with Gasteiger partial charge in [-0.15, -0.1) is 0 Å². The van der Waals surface area contributed by atoms with Gasteiger partial charge in [-0.3, -0.25) is 9.59 Å². The average Bonchev–Trinajstić information content (AvgIpc) is 2.82. The number of hydroxylamine groups is 2. The molecular weight excluding hydrogens is 317 g/mol. The van der Waals surface area contributed by atoms with E-state index < -0.39 is 23.6 Å². The lowest BCUT2D eigenvalue weighted by molar-refractivity contribution is -0.0584. The number of benzene rings is 2. The lowest BCUT2D eigenvalue weighted by atomic mass is 10.1. The molecule has 0 fully saturated rings. The molecule has 0 unspecified atom stereocenters. The number of hydrogen-bond acceptors (Lipinski definition) is 5. The Balaban J connectivity index is 1.80. The second-order valence-electron chi connectivity index (χ2n) is 5.07. The summed E-state index contributed by atoms with van der Waals surface area (Å²) in [4.78, 5) is 41.2. The van der Waals surface area contributed by atoms with Crippen LogP contribution in [0.15, 0.2) is 42.5 Å². The van der Waals surface area contributed by atoms with Crippen LogP contribution < -0.4 is 0 Å². The zero-order valence-electron chi connectivity index (χ0n) is 12.6. The lowest BCUT2D eigenvalue weighted by Gasteiger charge is -2.13. The number of hydrogen-bond donors (Lipinski definition) is 0. The van der Waals surface area contributed by atoms with E-state index >= 15 is 0 Å². The van der Waals surface area contributed by atoms with Gasteiger partial charge in [0.1, 0.15) is 5.82 Å². The summed E-state index contributed by atoms with van der Waals surface area (Å²) >= 11 is 0. The van der Waals surface area contributed by atoms with E-state index in [1.165, 1.54) is 31.4 Å². The summed E-state index contributed by atoms with van der Waals surface area (Å²) in [6.07, 6.45) is 0. The molecule has 0 radical (unpaired) electrons. The van der Waals surface area contributed by atoms with Crippen LogP contribution in [-0.4, -0.2) is 30.0 Å². The number of carbonyl (C=O) groups is 3. The number of carbonyl (C=O) groups excluding carboxylic acids is 3. The van der Waals surface area contributed by atoms with Crippen molar-refractivity contribution in [3.8, 4) is 0 Å². The molecule has 0 saturated heterocycles. The van der Waals surface area contributed by atoms with Crippen molar-refractivity contribution in [3.05, 3.63) is 70.5 Å². The predicted octanol–water partition coefficient (Wildman–Crippen LogP) is 2.34. The van der Waals surface area contributed by atoms with Crippen molar-refractivity contribution in [3.63, 3.8) is 0 Å². The molecule has 1 heterocycles. The Kier molecular flexibility index (Phi) is 4.09. The Morgan fingerprint density at radius 3 is 2.25 bits per heavy atom. The van der Waals surface area contributed by atoms with Gasteiger partial charge in [0.05, 0.1) is 23.3 Å². The van der Waals surface area contributed by atoms with Crippen LogP contribution in [0.1, 0.15) is 36.6 Å². The van der Waals surface area contributed by atoms with Crippen LogP contribution in [0, 0.1) is 5.82 Å². The maximum absolute atomic E-state index is 13.8. The number of imide groups is 1. The van der Waals surface area contributed by atoms with Gasteiger partial charge in [0.25, 0.3) is 11.8 Å². The molecule has 0 aromatic heterocycles. The van der Waals surface area contributed by atoms with Crippen LogP contribution in [0.25, 0.3) is 0 Å². The summed E-state index contributed by atoms with van der Waals surface area (Å²) in [5, 5.41) is 0.383. The summed E-state index contributed by atoms with van der Waals surface area (Å²) < 4.78 is 18.7. The van der Waals surface area contributed by atoms with Crippen molar-refractivity contribution in [2.75, 3.05) is 7.11 Å². The number of ether oxygens (including phenoxy) is 1. The van der Waals surface area contributed by atoms with Crippen LogP contribution >= 0.6 is 0 Å². The van der Waals surface area contributed by atoms with Gasteiger partial charge in [0, 0.05) is 12.7 Å². The fourth-order valence-electron chi connectivity index (χ4n) is 2.33. The van der Waals surface area contributed by atoms with Crippen LogP contribution in [0.2, 0.25) is 0 Å². The molecule has 0 N–H and O–H groups in total. The van der Waals surface area contributed by atoms with Crippen molar-refractivity contribution in [1.29, 1.82) is 0 Å². The van der Waals surface area contributed by atoms with Crippen molar-refractivity contribution in [2.45, 2.75) is 6.61 Å². The highest BCUT2D eigenvalue weighted by Gasteiger charge is 2.38. The minimum absolute atomic E-state index is 0.0551. The number of halogens is 1. The molecular formula is C17H12FNO5. The topological polar surface area (TPSA) is 72.9 Å². The van der Waals surface area contributed by atoms with Crippen molar-refractivity contribution in [1.82, 2.24) is 5.06 Å². The molecule has 1 aliphatic rings. The molecule has 0 saturated carbocycles. The number of amides is 2. The van der Waals surface area contributed by atoms with Gasteiger partial charge < -0.3 is 9.57 Å². The minimum atomic E-state index is -1.01. The third-order valence-corrected chi connectivity index (χ3v) is 3.52. The maximum Gasteiger partial charge on any atom is 0.364 e. The predicted molar refractivity (Wildman–Crippen MR) is 79.5 cm³/mol. The molecule has 0 bridgehead atoms. The standard InChI is InChI=1S/C17H12FNO5/c1-23-9-11-7-6-10(8-14(11)18)17(22)24-19-15(20)12-4-2-3-5-13(12)16(19)21/h2-8H,9H2,1H3. The molecule has 0 spiro atoms. The Bertz CT molecular complexity index is 814. The van der Waals surface area contributed by atoms with E-state index in [4.69, 9.17) is 9.57 Å². The lowest BCUT2D eigenvalue weighted by Crippen LogP contribution is -2.32. The second-order valence-corrected chi connectivity index (χ2v) is 5.07. The molecule has 2 aromatic rings. The molecule has 7 heteroatoms. The number of rotatable bonds is 4. The monoisotopic (exact) mass is 329 g/mol. The second kappa shape index (κ2) is 6.21. The summed E-state index contributed by atoms with van der Waals surface area (Å²) in [6, 6.07) is 9.79. The molecule has 0 atom stereocenters. The Hall–Kier alpha value is -3.06. The number of nitrogens with zero attached hydrogens (tertiary/aromatic N) is 1. The normalized spacial score (nSPS) is 13.2. The van der Waals surface area contributed by atoms with Gasteiger partial charge in [-0.05, 0) is 24.3 Å². The first kappa shape index (κ1) is 15.8. The highest BCUT2D eigenvalue weighted by Crippen LogP contribution is 2.23. The van der Waals surface area contributed by atoms with Gasteiger partial charge in [-0.1, -0.05) is 23.3 Å². The molecule has 2 amide bonds. The highest BCUT2D eigenvalue weighted by atomic mass is 19.1. The largest absolute Gasteiger partial charge is 0.380 e. The third-order valence-electron chi connectivity index (χ3n) is 3.52. The molecule has 1 aliphatic heterocycles. The first-order valence-corrected chi connectivity index (χ1v) is 7.00. The van der Waals surface area contributed by atoms with E-state index in [1.54, 1.807) is 12.1 Å². The number of methoxy groups -OCH3 is 1. The molecule has 3 rings (SSSR count). The SMILES string of the molecule is COCc1ccc(C(=O)ON2C(=O)c3ccccc3C2=O)cc1F. The van der Waals surface area contributed by atoms with Crippen molar-refractivity contribution in [2.24, 2.45) is 0 Å². The molecule has 122 valence electrons. The van der Waals surface area contributed by atoms with E-state index in [9.17, 15) is 18.8 Å². The van der Waals surface area contributed by atoms with Crippen molar-refractivity contribution >= 4 is 17.8 Å². The molecule has 6 nitrogen and oxygen atoms in total. The fourth-order valence-corrected chi connectivity index (χ4v) is 2.33. The van der Waals surface area contributed by atoms with Crippen LogP contribution in [0.5, 0.6) is 0 Å². The van der Waals surface area contributed by atoms with Crippen LogP contribution in [-0.2, 0) is 16.2 Å². The van der Waals surface area contributed by atoms with E-state index in [1.807, 2.05) is 0 Å².